The summed E-state index contributed by atoms with van der Waals surface area (Å²) in [7, 11) is 0.985. The second-order valence-electron chi connectivity index (χ2n) is 8.53. The van der Waals surface area contributed by atoms with E-state index in [1.807, 2.05) is 52.0 Å². The van der Waals surface area contributed by atoms with Crippen molar-refractivity contribution in [3.8, 4) is 0 Å². The van der Waals surface area contributed by atoms with Crippen LogP contribution in [0.4, 0.5) is 13.2 Å². The maximum Gasteiger partial charge on any atom is 0.494 e. The fourth-order valence-electron chi connectivity index (χ4n) is 3.33. The minimum absolute atomic E-state index is 0.429. The van der Waals surface area contributed by atoms with Crippen LogP contribution in [0.25, 0.3) is 0 Å². The summed E-state index contributed by atoms with van der Waals surface area (Å²) in [5, 5.41) is 0. The zero-order chi connectivity index (χ0) is 21.7. The van der Waals surface area contributed by atoms with Crippen LogP contribution < -0.4 is 5.46 Å². The molecule has 0 aliphatic carbocycles. The number of halogens is 3. The van der Waals surface area contributed by atoms with Crippen LogP contribution in [0, 0.1) is 0 Å². The summed E-state index contributed by atoms with van der Waals surface area (Å²) in [5.74, 6) is 0. The van der Waals surface area contributed by atoms with Crippen molar-refractivity contribution >= 4 is 12.6 Å². The maximum absolute atomic E-state index is 13.1. The van der Waals surface area contributed by atoms with Crippen molar-refractivity contribution in [2.75, 3.05) is 7.11 Å². The van der Waals surface area contributed by atoms with Gasteiger partial charge in [0.25, 0.3) is 0 Å². The van der Waals surface area contributed by atoms with E-state index in [1.165, 1.54) is 13.2 Å². The molecule has 2 aromatic rings. The molecule has 156 valence electrons. The molecule has 0 amide bonds. The quantitative estimate of drug-likeness (QED) is 0.676. The third kappa shape index (κ3) is 3.96. The van der Waals surface area contributed by atoms with Gasteiger partial charge in [-0.05, 0) is 63.3 Å². The van der Waals surface area contributed by atoms with E-state index in [9.17, 15) is 13.2 Å². The van der Waals surface area contributed by atoms with Gasteiger partial charge in [-0.2, -0.15) is 13.2 Å². The molecule has 1 saturated heterocycles. The molecule has 0 saturated carbocycles. The van der Waals surface area contributed by atoms with E-state index in [2.05, 4.69) is 0 Å². The van der Waals surface area contributed by atoms with Crippen molar-refractivity contribution in [3.05, 3.63) is 65.2 Å². The zero-order valence-corrected chi connectivity index (χ0v) is 17.6. The van der Waals surface area contributed by atoms with E-state index in [4.69, 9.17) is 14.0 Å². The summed E-state index contributed by atoms with van der Waals surface area (Å²) in [5.41, 5.74) is -0.625. The number of rotatable bonds is 4. The first-order valence-electron chi connectivity index (χ1n) is 9.49. The van der Waals surface area contributed by atoms with Gasteiger partial charge < -0.3 is 14.0 Å². The average Bonchev–Trinajstić information content (AvgIpc) is 2.88. The van der Waals surface area contributed by atoms with Gasteiger partial charge in [-0.1, -0.05) is 36.4 Å². The fourth-order valence-corrected chi connectivity index (χ4v) is 3.33. The first kappa shape index (κ1) is 21.9. The molecular formula is C22H26BF3O3. The normalized spacial score (nSPS) is 20.5. The number of methoxy groups -OCH3 is 1. The molecule has 0 aromatic heterocycles. The molecular weight excluding hydrogens is 380 g/mol. The first-order valence-corrected chi connectivity index (χ1v) is 9.49. The van der Waals surface area contributed by atoms with Crippen molar-refractivity contribution in [1.82, 2.24) is 0 Å². The van der Waals surface area contributed by atoms with Crippen LogP contribution >= 0.6 is 0 Å². The minimum Gasteiger partial charge on any atom is -0.399 e. The van der Waals surface area contributed by atoms with Crippen LogP contribution in [0.1, 0.15) is 51.3 Å². The summed E-state index contributed by atoms with van der Waals surface area (Å²) in [6.45, 7) is 9.69. The van der Waals surface area contributed by atoms with Crippen LogP contribution in [0.5, 0.6) is 0 Å². The minimum atomic E-state index is -4.41. The van der Waals surface area contributed by atoms with Gasteiger partial charge in [0.1, 0.15) is 5.60 Å². The lowest BCUT2D eigenvalue weighted by atomic mass is 9.77. The highest BCUT2D eigenvalue weighted by molar-refractivity contribution is 6.62. The van der Waals surface area contributed by atoms with Crippen molar-refractivity contribution in [2.24, 2.45) is 0 Å². The lowest BCUT2D eigenvalue weighted by molar-refractivity contribution is -0.137. The van der Waals surface area contributed by atoms with E-state index in [1.54, 1.807) is 13.0 Å². The van der Waals surface area contributed by atoms with Crippen LogP contribution in [0.2, 0.25) is 0 Å². The molecule has 1 fully saturated rings. The van der Waals surface area contributed by atoms with Crippen LogP contribution in [-0.2, 0) is 25.8 Å². The second-order valence-corrected chi connectivity index (χ2v) is 8.53. The summed E-state index contributed by atoms with van der Waals surface area (Å²) in [6, 6.07) is 12.6. The molecule has 3 rings (SSSR count). The van der Waals surface area contributed by atoms with Gasteiger partial charge in [-0.15, -0.1) is 0 Å². The lowest BCUT2D eigenvalue weighted by Crippen LogP contribution is -2.41. The van der Waals surface area contributed by atoms with Gasteiger partial charge in [0.05, 0.1) is 16.8 Å². The zero-order valence-electron chi connectivity index (χ0n) is 17.6. The third-order valence-electron chi connectivity index (χ3n) is 6.14. The molecule has 1 unspecified atom stereocenters. The third-order valence-corrected chi connectivity index (χ3v) is 6.14. The molecule has 3 nitrogen and oxygen atoms in total. The highest BCUT2D eigenvalue weighted by Crippen LogP contribution is 2.38. The molecule has 1 aliphatic rings. The van der Waals surface area contributed by atoms with E-state index < -0.39 is 35.7 Å². The molecule has 2 aromatic carbocycles. The highest BCUT2D eigenvalue weighted by Gasteiger charge is 2.51. The molecule has 0 bridgehead atoms. The highest BCUT2D eigenvalue weighted by atomic mass is 19.4. The number of hydrogen-bond acceptors (Lipinski definition) is 3. The van der Waals surface area contributed by atoms with Crippen LogP contribution in [0.15, 0.2) is 48.5 Å². The van der Waals surface area contributed by atoms with Gasteiger partial charge in [0, 0.05) is 7.11 Å². The molecule has 0 spiro atoms. The van der Waals surface area contributed by atoms with Crippen molar-refractivity contribution < 1.29 is 27.2 Å². The Morgan fingerprint density at radius 2 is 1.34 bits per heavy atom. The van der Waals surface area contributed by atoms with Crippen LogP contribution in [-0.4, -0.2) is 25.4 Å². The van der Waals surface area contributed by atoms with Gasteiger partial charge in [0.2, 0.25) is 0 Å². The molecule has 29 heavy (non-hydrogen) atoms. The summed E-state index contributed by atoms with van der Waals surface area (Å²) in [6.07, 6.45) is -4.41. The maximum atomic E-state index is 13.1. The van der Waals surface area contributed by atoms with Gasteiger partial charge in [0.15, 0.2) is 0 Å². The van der Waals surface area contributed by atoms with Crippen LogP contribution in [0.3, 0.4) is 0 Å². The number of hydrogen-bond donors (Lipinski definition) is 0. The predicted molar refractivity (Wildman–Crippen MR) is 107 cm³/mol. The number of alkyl halides is 3. The molecule has 1 atom stereocenters. The van der Waals surface area contributed by atoms with Crippen molar-refractivity contribution in [2.45, 2.75) is 57.6 Å². The standard InChI is InChI=1S/C22H26BF3O3/c1-19(2)20(3,4)29-23(28-19)18-12-10-15(11-13-18)21(5,27-6)16-8-7-9-17(14-16)22(24,25)26/h7-14H,1-6H3. The van der Waals surface area contributed by atoms with Gasteiger partial charge in [-0.25, -0.2) is 0 Å². The SMILES string of the molecule is COC(C)(c1ccc(B2OC(C)(C)C(C)(C)O2)cc1)c1cccc(C(F)(F)F)c1. The molecule has 1 heterocycles. The summed E-state index contributed by atoms with van der Waals surface area (Å²) in [4.78, 5) is 0. The topological polar surface area (TPSA) is 27.7 Å². The smallest absolute Gasteiger partial charge is 0.399 e. The molecule has 1 aliphatic heterocycles. The summed E-state index contributed by atoms with van der Waals surface area (Å²) < 4.78 is 57.2. The Hall–Kier alpha value is -1.83. The first-order chi connectivity index (χ1) is 13.3. The van der Waals surface area contributed by atoms with Gasteiger partial charge in [-0.3, -0.25) is 0 Å². The Labute approximate surface area is 170 Å². The fraction of sp³-hybridized carbons (Fsp3) is 0.455. The number of ether oxygens (including phenoxy) is 1. The Morgan fingerprint density at radius 1 is 0.828 bits per heavy atom. The van der Waals surface area contributed by atoms with E-state index in [0.29, 0.717) is 5.56 Å². The van der Waals surface area contributed by atoms with E-state index >= 15 is 0 Å². The van der Waals surface area contributed by atoms with Crippen molar-refractivity contribution in [3.63, 3.8) is 0 Å². The molecule has 0 N–H and O–H groups in total. The molecule has 7 heteroatoms. The Bertz CT molecular complexity index is 862. The average molecular weight is 406 g/mol. The van der Waals surface area contributed by atoms with E-state index in [-0.39, 0.29) is 0 Å². The Balaban J connectivity index is 1.92. The largest absolute Gasteiger partial charge is 0.494 e. The van der Waals surface area contributed by atoms with Gasteiger partial charge >= 0.3 is 13.3 Å². The monoisotopic (exact) mass is 406 g/mol. The van der Waals surface area contributed by atoms with Crippen molar-refractivity contribution in [1.29, 1.82) is 0 Å². The Kier molecular flexibility index (Phi) is 5.39. The predicted octanol–water partition coefficient (Wildman–Crippen LogP) is 4.91. The number of benzene rings is 2. The summed E-state index contributed by atoms with van der Waals surface area (Å²) >= 11 is 0. The lowest BCUT2D eigenvalue weighted by Gasteiger charge is -2.32. The Morgan fingerprint density at radius 3 is 1.83 bits per heavy atom. The molecule has 0 radical (unpaired) electrons. The second kappa shape index (κ2) is 7.15. The van der Waals surface area contributed by atoms with E-state index in [0.717, 1.165) is 23.2 Å².